The lowest BCUT2D eigenvalue weighted by molar-refractivity contribution is 0.494. The summed E-state index contributed by atoms with van der Waals surface area (Å²) >= 11 is 0. The first-order chi connectivity index (χ1) is 6.27. The predicted octanol–water partition coefficient (Wildman–Crippen LogP) is 2.70. The zero-order chi connectivity index (χ0) is 9.26. The first kappa shape index (κ1) is 11.8. The smallest absolute Gasteiger partial charge is 0 e. The Morgan fingerprint density at radius 2 is 1.50 bits per heavy atom. The maximum absolute atomic E-state index is 2.40. The second-order valence-electron chi connectivity index (χ2n) is 4.20. The van der Waals surface area contributed by atoms with E-state index in [1.54, 1.807) is 5.30 Å². The highest BCUT2D eigenvalue weighted by molar-refractivity contribution is 7.65. The van der Waals surface area contributed by atoms with Crippen LogP contribution in [0.15, 0.2) is 30.3 Å². The van der Waals surface area contributed by atoms with Gasteiger partial charge in [0.15, 0.2) is 0 Å². The Hall–Kier alpha value is -0.285. The lowest BCUT2D eigenvalue weighted by Gasteiger charge is -2.09. The minimum absolute atomic E-state index is 0. The molecule has 2 rings (SSSR count). The normalized spacial score (nSPS) is 31.1. The standard InChI is InChI=1S/C12H17P.B/c1-10-8-13(9-11(10)2)12-6-4-3-5-7-12;/h3-7,10-11H,8-9H2,1-2H3;/t10-,11+,13?;. The van der Waals surface area contributed by atoms with Gasteiger partial charge in [0, 0.05) is 8.41 Å². The Balaban J connectivity index is 0.000000980. The van der Waals surface area contributed by atoms with Gasteiger partial charge < -0.3 is 0 Å². The second kappa shape index (κ2) is 4.98. The van der Waals surface area contributed by atoms with E-state index in [2.05, 4.69) is 44.2 Å². The van der Waals surface area contributed by atoms with Crippen LogP contribution in [0.4, 0.5) is 0 Å². The van der Waals surface area contributed by atoms with Gasteiger partial charge in [-0.2, -0.15) is 0 Å². The molecule has 0 amide bonds. The summed E-state index contributed by atoms with van der Waals surface area (Å²) < 4.78 is 0. The fraction of sp³-hybridized carbons (Fsp3) is 0.500. The van der Waals surface area contributed by atoms with Crippen molar-refractivity contribution >= 4 is 21.6 Å². The van der Waals surface area contributed by atoms with Crippen molar-refractivity contribution in [2.45, 2.75) is 13.8 Å². The molecule has 3 radical (unpaired) electrons. The summed E-state index contributed by atoms with van der Waals surface area (Å²) in [5.41, 5.74) is 0. The summed E-state index contributed by atoms with van der Waals surface area (Å²) in [5.74, 6) is 1.87. The van der Waals surface area contributed by atoms with Crippen LogP contribution in [-0.2, 0) is 0 Å². The number of rotatable bonds is 1. The van der Waals surface area contributed by atoms with E-state index >= 15 is 0 Å². The molecule has 1 fully saturated rings. The van der Waals surface area contributed by atoms with Crippen LogP contribution < -0.4 is 5.30 Å². The molecule has 0 spiro atoms. The monoisotopic (exact) mass is 203 g/mol. The van der Waals surface area contributed by atoms with Crippen LogP contribution >= 0.6 is 7.92 Å². The number of hydrogen-bond acceptors (Lipinski definition) is 0. The highest BCUT2D eigenvalue weighted by Gasteiger charge is 2.28. The van der Waals surface area contributed by atoms with Crippen LogP contribution in [0.1, 0.15) is 13.8 Å². The third-order valence-electron chi connectivity index (χ3n) is 3.11. The fourth-order valence-corrected chi connectivity index (χ4v) is 5.25. The van der Waals surface area contributed by atoms with Crippen LogP contribution in [0.25, 0.3) is 0 Å². The summed E-state index contributed by atoms with van der Waals surface area (Å²) in [6.45, 7) is 4.80. The van der Waals surface area contributed by atoms with Crippen molar-refractivity contribution in [2.75, 3.05) is 12.3 Å². The molecule has 73 valence electrons. The lowest BCUT2D eigenvalue weighted by atomic mass is 10.0. The molecule has 0 nitrogen and oxygen atoms in total. The molecule has 1 aliphatic rings. The average molecular weight is 203 g/mol. The van der Waals surface area contributed by atoms with Gasteiger partial charge >= 0.3 is 0 Å². The average Bonchev–Trinajstić information content (AvgIpc) is 2.49. The third-order valence-corrected chi connectivity index (χ3v) is 6.17. The van der Waals surface area contributed by atoms with E-state index in [0.29, 0.717) is 0 Å². The van der Waals surface area contributed by atoms with Crippen molar-refractivity contribution in [3.8, 4) is 0 Å². The number of hydrogen-bond donors (Lipinski definition) is 0. The molecule has 0 aliphatic carbocycles. The van der Waals surface area contributed by atoms with Gasteiger partial charge in [-0.05, 0) is 29.5 Å². The van der Waals surface area contributed by atoms with Crippen molar-refractivity contribution < 1.29 is 0 Å². The van der Waals surface area contributed by atoms with Gasteiger partial charge in [0.25, 0.3) is 0 Å². The maximum atomic E-state index is 2.40. The topological polar surface area (TPSA) is 0 Å². The van der Waals surface area contributed by atoms with Crippen molar-refractivity contribution in [1.29, 1.82) is 0 Å². The van der Waals surface area contributed by atoms with Crippen LogP contribution in [-0.4, -0.2) is 20.7 Å². The van der Waals surface area contributed by atoms with Gasteiger partial charge in [0.1, 0.15) is 0 Å². The highest BCUT2D eigenvalue weighted by Crippen LogP contribution is 2.47. The minimum atomic E-state index is 0. The molecular weight excluding hydrogens is 186 g/mol. The van der Waals surface area contributed by atoms with E-state index in [-0.39, 0.29) is 16.3 Å². The first-order valence-electron chi connectivity index (χ1n) is 5.07. The van der Waals surface area contributed by atoms with Gasteiger partial charge in [0.2, 0.25) is 0 Å². The summed E-state index contributed by atoms with van der Waals surface area (Å²) in [5, 5.41) is 1.61. The lowest BCUT2D eigenvalue weighted by Crippen LogP contribution is -2.01. The fourth-order valence-electron chi connectivity index (χ4n) is 1.98. The van der Waals surface area contributed by atoms with Gasteiger partial charge in [0.05, 0.1) is 0 Å². The highest BCUT2D eigenvalue weighted by atomic mass is 31.1. The van der Waals surface area contributed by atoms with Crippen LogP contribution in [0.5, 0.6) is 0 Å². The Labute approximate surface area is 90.4 Å². The van der Waals surface area contributed by atoms with E-state index in [1.165, 1.54) is 12.3 Å². The molecule has 1 aromatic carbocycles. The zero-order valence-corrected chi connectivity index (χ0v) is 9.87. The Kier molecular flexibility index (Phi) is 4.19. The van der Waals surface area contributed by atoms with Crippen LogP contribution in [0.2, 0.25) is 0 Å². The Morgan fingerprint density at radius 3 is 2.00 bits per heavy atom. The number of benzene rings is 1. The summed E-state index contributed by atoms with van der Waals surface area (Å²) in [4.78, 5) is 0. The summed E-state index contributed by atoms with van der Waals surface area (Å²) in [6, 6.07) is 11.1. The molecular formula is C12H17BP. The second-order valence-corrected chi connectivity index (χ2v) is 6.52. The molecule has 0 saturated carbocycles. The van der Waals surface area contributed by atoms with Gasteiger partial charge in [-0.15, -0.1) is 0 Å². The van der Waals surface area contributed by atoms with Crippen molar-refractivity contribution in [3.63, 3.8) is 0 Å². The molecule has 1 saturated heterocycles. The largest absolute Gasteiger partial charge is 0.0748 e. The predicted molar refractivity (Wildman–Crippen MR) is 66.8 cm³/mol. The van der Waals surface area contributed by atoms with E-state index in [0.717, 1.165) is 11.8 Å². The van der Waals surface area contributed by atoms with Crippen molar-refractivity contribution in [2.24, 2.45) is 11.8 Å². The van der Waals surface area contributed by atoms with E-state index in [4.69, 9.17) is 0 Å². The van der Waals surface area contributed by atoms with Crippen molar-refractivity contribution in [3.05, 3.63) is 30.3 Å². The van der Waals surface area contributed by atoms with Gasteiger partial charge in [-0.1, -0.05) is 52.1 Å². The quantitative estimate of drug-likeness (QED) is 0.486. The van der Waals surface area contributed by atoms with E-state index in [9.17, 15) is 0 Å². The van der Waals surface area contributed by atoms with Gasteiger partial charge in [-0.25, -0.2) is 0 Å². The molecule has 0 N–H and O–H groups in total. The third kappa shape index (κ3) is 2.39. The molecule has 1 unspecified atom stereocenters. The minimum Gasteiger partial charge on any atom is -0.0748 e. The zero-order valence-electron chi connectivity index (χ0n) is 8.98. The molecule has 0 bridgehead atoms. The van der Waals surface area contributed by atoms with E-state index in [1.807, 2.05) is 0 Å². The van der Waals surface area contributed by atoms with Crippen LogP contribution in [0.3, 0.4) is 0 Å². The Bertz CT molecular complexity index is 263. The molecule has 2 heteroatoms. The molecule has 14 heavy (non-hydrogen) atoms. The molecule has 1 aromatic rings. The molecule has 0 aromatic heterocycles. The van der Waals surface area contributed by atoms with E-state index < -0.39 is 0 Å². The molecule has 1 heterocycles. The Morgan fingerprint density at radius 1 is 1.00 bits per heavy atom. The van der Waals surface area contributed by atoms with Crippen molar-refractivity contribution in [1.82, 2.24) is 0 Å². The van der Waals surface area contributed by atoms with Gasteiger partial charge in [-0.3, -0.25) is 0 Å². The maximum Gasteiger partial charge on any atom is 0 e. The summed E-state index contributed by atoms with van der Waals surface area (Å²) in [6.07, 6.45) is 2.89. The summed E-state index contributed by atoms with van der Waals surface area (Å²) in [7, 11) is 0.181. The molecule has 1 aliphatic heterocycles. The van der Waals surface area contributed by atoms with Crippen LogP contribution in [0, 0.1) is 11.8 Å². The SMILES string of the molecule is C[C@@H]1CP(c2ccccc2)C[C@@H]1C.[B]. The molecule has 3 atom stereocenters. The first-order valence-corrected chi connectivity index (χ1v) is 6.78.